The zero-order chi connectivity index (χ0) is 14.5. The molecular formula is C14H22N2O3. The number of aliphatic hydroxyl groups is 1. The summed E-state index contributed by atoms with van der Waals surface area (Å²) in [4.78, 5) is 17.7. The SMILES string of the molecule is CCOC(=O)c1ccc(N(CC)CC(C)(C)O)nc1. The van der Waals surface area contributed by atoms with E-state index in [2.05, 4.69) is 4.98 Å². The first-order valence-electron chi connectivity index (χ1n) is 6.48. The molecule has 1 heterocycles. The monoisotopic (exact) mass is 266 g/mol. The Bertz CT molecular complexity index is 410. The Morgan fingerprint density at radius 2 is 2.11 bits per heavy atom. The van der Waals surface area contributed by atoms with E-state index in [4.69, 9.17) is 4.74 Å². The first kappa shape index (κ1) is 15.4. The van der Waals surface area contributed by atoms with Crippen LogP contribution in [0.5, 0.6) is 0 Å². The average molecular weight is 266 g/mol. The summed E-state index contributed by atoms with van der Waals surface area (Å²) in [5.74, 6) is 0.366. The number of anilines is 1. The number of rotatable bonds is 6. The highest BCUT2D eigenvalue weighted by Crippen LogP contribution is 2.15. The summed E-state index contributed by atoms with van der Waals surface area (Å²) in [7, 11) is 0. The molecule has 5 heteroatoms. The number of ether oxygens (including phenoxy) is 1. The summed E-state index contributed by atoms with van der Waals surface area (Å²) < 4.78 is 4.90. The van der Waals surface area contributed by atoms with E-state index < -0.39 is 5.60 Å². The number of carbonyl (C=O) groups is 1. The maximum atomic E-state index is 11.5. The minimum Gasteiger partial charge on any atom is -0.462 e. The van der Waals surface area contributed by atoms with Gasteiger partial charge in [0.25, 0.3) is 0 Å². The Hall–Kier alpha value is -1.62. The van der Waals surface area contributed by atoms with E-state index in [-0.39, 0.29) is 5.97 Å². The van der Waals surface area contributed by atoms with Gasteiger partial charge in [-0.05, 0) is 39.8 Å². The average Bonchev–Trinajstić information content (AvgIpc) is 2.35. The second kappa shape index (κ2) is 6.52. The first-order chi connectivity index (χ1) is 8.87. The van der Waals surface area contributed by atoms with Crippen LogP contribution in [0.25, 0.3) is 0 Å². The van der Waals surface area contributed by atoms with Crippen LogP contribution in [0, 0.1) is 0 Å². The molecule has 0 radical (unpaired) electrons. The Morgan fingerprint density at radius 1 is 1.42 bits per heavy atom. The van der Waals surface area contributed by atoms with E-state index in [1.807, 2.05) is 11.8 Å². The fraction of sp³-hybridized carbons (Fsp3) is 0.571. The van der Waals surface area contributed by atoms with E-state index >= 15 is 0 Å². The van der Waals surface area contributed by atoms with Crippen LogP contribution < -0.4 is 4.90 Å². The molecule has 0 fully saturated rings. The third-order valence-corrected chi connectivity index (χ3v) is 2.54. The van der Waals surface area contributed by atoms with Crippen molar-refractivity contribution in [2.75, 3.05) is 24.6 Å². The smallest absolute Gasteiger partial charge is 0.339 e. The quantitative estimate of drug-likeness (QED) is 0.796. The van der Waals surface area contributed by atoms with Crippen molar-refractivity contribution in [3.05, 3.63) is 23.9 Å². The molecule has 0 aliphatic carbocycles. The van der Waals surface area contributed by atoms with Gasteiger partial charge in [-0.25, -0.2) is 9.78 Å². The van der Waals surface area contributed by atoms with Crippen molar-refractivity contribution >= 4 is 11.8 Å². The van der Waals surface area contributed by atoms with E-state index in [1.165, 1.54) is 6.20 Å². The second-order valence-electron chi connectivity index (χ2n) is 4.95. The van der Waals surface area contributed by atoms with Gasteiger partial charge >= 0.3 is 5.97 Å². The Balaban J connectivity index is 2.81. The Kier molecular flexibility index (Phi) is 5.30. The molecule has 1 aromatic heterocycles. The maximum Gasteiger partial charge on any atom is 0.339 e. The largest absolute Gasteiger partial charge is 0.462 e. The minimum atomic E-state index is -0.794. The summed E-state index contributed by atoms with van der Waals surface area (Å²) in [5, 5.41) is 9.85. The van der Waals surface area contributed by atoms with Gasteiger partial charge < -0.3 is 14.7 Å². The van der Waals surface area contributed by atoms with Crippen LogP contribution in [0.2, 0.25) is 0 Å². The van der Waals surface area contributed by atoms with Crippen LogP contribution in [0.4, 0.5) is 5.82 Å². The highest BCUT2D eigenvalue weighted by molar-refractivity contribution is 5.89. The molecule has 0 atom stereocenters. The van der Waals surface area contributed by atoms with Crippen LogP contribution in [-0.4, -0.2) is 41.4 Å². The fourth-order valence-corrected chi connectivity index (χ4v) is 1.73. The molecule has 0 unspecified atom stereocenters. The molecule has 0 saturated carbocycles. The number of likely N-dealkylation sites (N-methyl/N-ethyl adjacent to an activating group) is 1. The van der Waals surface area contributed by atoms with Crippen molar-refractivity contribution < 1.29 is 14.6 Å². The summed E-state index contributed by atoms with van der Waals surface area (Å²) in [5.41, 5.74) is -0.359. The van der Waals surface area contributed by atoms with E-state index in [0.29, 0.717) is 18.7 Å². The number of hydrogen-bond acceptors (Lipinski definition) is 5. The minimum absolute atomic E-state index is 0.348. The molecule has 0 saturated heterocycles. The predicted octanol–water partition coefficient (Wildman–Crippen LogP) is 1.86. The van der Waals surface area contributed by atoms with Gasteiger partial charge in [0.1, 0.15) is 5.82 Å². The number of aromatic nitrogens is 1. The molecule has 1 aromatic rings. The molecule has 0 spiro atoms. The molecule has 0 aliphatic heterocycles. The van der Waals surface area contributed by atoms with Gasteiger partial charge in [-0.3, -0.25) is 0 Å². The fourth-order valence-electron chi connectivity index (χ4n) is 1.73. The van der Waals surface area contributed by atoms with Crippen LogP contribution in [0.1, 0.15) is 38.1 Å². The summed E-state index contributed by atoms with van der Waals surface area (Å²) >= 11 is 0. The first-order valence-corrected chi connectivity index (χ1v) is 6.48. The summed E-state index contributed by atoms with van der Waals surface area (Å²) in [6, 6.07) is 3.45. The van der Waals surface area contributed by atoms with Crippen molar-refractivity contribution in [1.29, 1.82) is 0 Å². The number of esters is 1. The zero-order valence-corrected chi connectivity index (χ0v) is 12.0. The van der Waals surface area contributed by atoms with Crippen molar-refractivity contribution in [3.8, 4) is 0 Å². The molecule has 1 rings (SSSR count). The molecule has 0 bridgehead atoms. The van der Waals surface area contributed by atoms with Crippen LogP contribution >= 0.6 is 0 Å². The highest BCUT2D eigenvalue weighted by atomic mass is 16.5. The van der Waals surface area contributed by atoms with Crippen molar-refractivity contribution in [3.63, 3.8) is 0 Å². The van der Waals surface area contributed by atoms with Gasteiger partial charge in [0.15, 0.2) is 0 Å². The molecular weight excluding hydrogens is 244 g/mol. The standard InChI is InChI=1S/C14H22N2O3/c1-5-16(10-14(3,4)18)12-8-7-11(9-15-12)13(17)19-6-2/h7-9,18H,5-6,10H2,1-4H3. The number of pyridine rings is 1. The lowest BCUT2D eigenvalue weighted by Crippen LogP contribution is -2.39. The molecule has 0 aliphatic rings. The number of nitrogens with zero attached hydrogens (tertiary/aromatic N) is 2. The third kappa shape index (κ3) is 4.87. The molecule has 19 heavy (non-hydrogen) atoms. The van der Waals surface area contributed by atoms with Crippen LogP contribution in [0.15, 0.2) is 18.3 Å². The molecule has 106 valence electrons. The number of carbonyl (C=O) groups excluding carboxylic acids is 1. The van der Waals surface area contributed by atoms with Crippen molar-refractivity contribution in [2.24, 2.45) is 0 Å². The number of hydrogen-bond donors (Lipinski definition) is 1. The second-order valence-corrected chi connectivity index (χ2v) is 4.95. The Labute approximate surface area is 114 Å². The van der Waals surface area contributed by atoms with Gasteiger partial charge in [-0.1, -0.05) is 0 Å². The lowest BCUT2D eigenvalue weighted by Gasteiger charge is -2.28. The Morgan fingerprint density at radius 3 is 2.53 bits per heavy atom. The molecule has 5 nitrogen and oxygen atoms in total. The lowest BCUT2D eigenvalue weighted by atomic mass is 10.1. The van der Waals surface area contributed by atoms with E-state index in [9.17, 15) is 9.90 Å². The lowest BCUT2D eigenvalue weighted by molar-refractivity contribution is 0.0525. The van der Waals surface area contributed by atoms with Gasteiger partial charge in [-0.2, -0.15) is 0 Å². The highest BCUT2D eigenvalue weighted by Gasteiger charge is 2.18. The maximum absolute atomic E-state index is 11.5. The van der Waals surface area contributed by atoms with E-state index in [1.54, 1.807) is 32.9 Å². The summed E-state index contributed by atoms with van der Waals surface area (Å²) in [6.07, 6.45) is 1.50. The van der Waals surface area contributed by atoms with Gasteiger partial charge in [0.05, 0.1) is 17.8 Å². The van der Waals surface area contributed by atoms with Gasteiger partial charge in [0, 0.05) is 19.3 Å². The third-order valence-electron chi connectivity index (χ3n) is 2.54. The topological polar surface area (TPSA) is 62.7 Å². The van der Waals surface area contributed by atoms with E-state index in [0.717, 1.165) is 12.4 Å². The molecule has 0 amide bonds. The predicted molar refractivity (Wildman–Crippen MR) is 74.4 cm³/mol. The van der Waals surface area contributed by atoms with Crippen molar-refractivity contribution in [2.45, 2.75) is 33.3 Å². The molecule has 1 N–H and O–H groups in total. The normalized spacial score (nSPS) is 11.2. The van der Waals surface area contributed by atoms with Crippen LogP contribution in [-0.2, 0) is 4.74 Å². The van der Waals surface area contributed by atoms with Crippen LogP contribution in [0.3, 0.4) is 0 Å². The molecule has 0 aromatic carbocycles. The zero-order valence-electron chi connectivity index (χ0n) is 12.0. The van der Waals surface area contributed by atoms with Gasteiger partial charge in [0.2, 0.25) is 0 Å². The van der Waals surface area contributed by atoms with Gasteiger partial charge in [-0.15, -0.1) is 0 Å². The summed E-state index contributed by atoms with van der Waals surface area (Å²) in [6.45, 7) is 8.82. The van der Waals surface area contributed by atoms with Crippen molar-refractivity contribution in [1.82, 2.24) is 4.98 Å².